The van der Waals surface area contributed by atoms with Crippen molar-refractivity contribution in [3.05, 3.63) is 47.5 Å². The van der Waals surface area contributed by atoms with Gasteiger partial charge in [0.05, 0.1) is 5.75 Å². The second-order valence-corrected chi connectivity index (χ2v) is 7.21. The zero-order valence-corrected chi connectivity index (χ0v) is 12.6. The molecule has 5 heteroatoms. The van der Waals surface area contributed by atoms with Crippen LogP contribution in [-0.4, -0.2) is 25.7 Å². The number of likely N-dealkylation sites (N-methyl/N-ethyl adjacent to an activating group) is 1. The molecule has 108 valence electrons. The van der Waals surface area contributed by atoms with E-state index < -0.39 is 15.9 Å². The van der Waals surface area contributed by atoms with Crippen molar-refractivity contribution in [2.75, 3.05) is 7.05 Å². The molecule has 0 spiro atoms. The van der Waals surface area contributed by atoms with Crippen LogP contribution in [0.1, 0.15) is 25.3 Å². The van der Waals surface area contributed by atoms with Crippen molar-refractivity contribution in [2.45, 2.75) is 25.5 Å². The summed E-state index contributed by atoms with van der Waals surface area (Å²) >= 11 is 0. The molecule has 4 nitrogen and oxygen atoms in total. The highest BCUT2D eigenvalue weighted by Gasteiger charge is 2.26. The van der Waals surface area contributed by atoms with Gasteiger partial charge in [0.15, 0.2) is 0 Å². The molecular weight excluding hydrogens is 274 g/mol. The average Bonchev–Trinajstić information content (AvgIpc) is 3.22. The van der Waals surface area contributed by atoms with E-state index in [-0.39, 0.29) is 5.75 Å². The quantitative estimate of drug-likeness (QED) is 0.783. The van der Waals surface area contributed by atoms with Crippen LogP contribution in [0.25, 0.3) is 0 Å². The largest absolute Gasteiger partial charge is 0.269 e. The van der Waals surface area contributed by atoms with E-state index in [2.05, 4.69) is 0 Å². The Hall–Kier alpha value is -1.62. The second kappa shape index (κ2) is 5.79. The Kier molecular flexibility index (Phi) is 4.28. The van der Waals surface area contributed by atoms with Crippen molar-refractivity contribution in [1.29, 1.82) is 0 Å². The van der Waals surface area contributed by atoms with Gasteiger partial charge in [-0.1, -0.05) is 35.9 Å². The summed E-state index contributed by atoms with van der Waals surface area (Å²) in [6, 6.07) is 8.86. The smallest absolute Gasteiger partial charge is 0.259 e. The summed E-state index contributed by atoms with van der Waals surface area (Å²) in [5.74, 6) is -0.165. The molecule has 0 N–H and O–H groups in total. The maximum atomic E-state index is 12.2. The van der Waals surface area contributed by atoms with Crippen LogP contribution >= 0.6 is 0 Å². The van der Waals surface area contributed by atoms with Gasteiger partial charge in [-0.2, -0.15) is 0 Å². The lowest BCUT2D eigenvalue weighted by atomic mass is 10.2. The van der Waals surface area contributed by atoms with Crippen LogP contribution in [0.3, 0.4) is 0 Å². The number of amides is 1. The SMILES string of the molecule is C/C(=C\C(=O)N(C)S(=O)(=O)Cc1ccccc1)C1CC1. The van der Waals surface area contributed by atoms with Gasteiger partial charge in [-0.25, -0.2) is 12.7 Å². The van der Waals surface area contributed by atoms with Gasteiger partial charge in [-0.05, 0) is 31.2 Å². The molecule has 0 unspecified atom stereocenters. The summed E-state index contributed by atoms with van der Waals surface area (Å²) in [5.41, 5.74) is 1.65. The second-order valence-electron chi connectivity index (χ2n) is 5.21. The fourth-order valence-corrected chi connectivity index (χ4v) is 3.10. The Labute approximate surface area is 120 Å². The van der Waals surface area contributed by atoms with E-state index in [0.717, 1.165) is 22.7 Å². The van der Waals surface area contributed by atoms with Crippen molar-refractivity contribution in [1.82, 2.24) is 4.31 Å². The van der Waals surface area contributed by atoms with E-state index in [9.17, 15) is 13.2 Å². The lowest BCUT2D eigenvalue weighted by Crippen LogP contribution is -2.33. The molecule has 1 aromatic carbocycles. The Balaban J connectivity index is 2.08. The van der Waals surface area contributed by atoms with E-state index in [4.69, 9.17) is 0 Å². The van der Waals surface area contributed by atoms with Gasteiger partial charge in [0.2, 0.25) is 10.0 Å². The van der Waals surface area contributed by atoms with Crippen LogP contribution < -0.4 is 0 Å². The minimum absolute atomic E-state index is 0.160. The first-order valence-corrected chi connectivity index (χ1v) is 8.24. The molecule has 1 saturated carbocycles. The minimum atomic E-state index is -3.62. The summed E-state index contributed by atoms with van der Waals surface area (Å²) < 4.78 is 25.2. The van der Waals surface area contributed by atoms with Crippen LogP contribution in [0.2, 0.25) is 0 Å². The van der Waals surface area contributed by atoms with Crippen LogP contribution in [0, 0.1) is 5.92 Å². The number of nitrogens with zero attached hydrogens (tertiary/aromatic N) is 1. The molecule has 1 aliphatic carbocycles. The lowest BCUT2D eigenvalue weighted by molar-refractivity contribution is -0.120. The molecule has 0 radical (unpaired) electrons. The topological polar surface area (TPSA) is 54.5 Å². The van der Waals surface area contributed by atoms with Crippen LogP contribution in [-0.2, 0) is 20.6 Å². The van der Waals surface area contributed by atoms with E-state index in [0.29, 0.717) is 11.5 Å². The summed E-state index contributed by atoms with van der Waals surface area (Å²) in [4.78, 5) is 12.0. The van der Waals surface area contributed by atoms with Crippen molar-refractivity contribution in [2.24, 2.45) is 5.92 Å². The Morgan fingerprint density at radius 1 is 1.30 bits per heavy atom. The molecular formula is C15H19NO3S. The third kappa shape index (κ3) is 3.70. The zero-order valence-electron chi connectivity index (χ0n) is 11.7. The normalized spacial score (nSPS) is 16.0. The Bertz CT molecular complexity index is 616. The van der Waals surface area contributed by atoms with Crippen molar-refractivity contribution in [3.63, 3.8) is 0 Å². The Morgan fingerprint density at radius 3 is 2.45 bits per heavy atom. The molecule has 1 fully saturated rings. The van der Waals surface area contributed by atoms with Crippen molar-refractivity contribution in [3.8, 4) is 0 Å². The highest BCUT2D eigenvalue weighted by atomic mass is 32.2. The van der Waals surface area contributed by atoms with E-state index in [1.54, 1.807) is 24.3 Å². The maximum Gasteiger partial charge on any atom is 0.259 e. The molecule has 1 aliphatic rings. The lowest BCUT2D eigenvalue weighted by Gasteiger charge is -2.16. The van der Waals surface area contributed by atoms with Gasteiger partial charge in [0.25, 0.3) is 5.91 Å². The summed E-state index contributed by atoms with van der Waals surface area (Å²) in [6.45, 7) is 1.88. The molecule has 20 heavy (non-hydrogen) atoms. The molecule has 0 aromatic heterocycles. The number of hydrogen-bond acceptors (Lipinski definition) is 3. The van der Waals surface area contributed by atoms with Gasteiger partial charge in [0, 0.05) is 13.1 Å². The summed E-state index contributed by atoms with van der Waals surface area (Å²) in [5, 5.41) is 0. The number of carbonyl (C=O) groups excluding carboxylic acids is 1. The van der Waals surface area contributed by atoms with E-state index in [1.165, 1.54) is 13.1 Å². The molecule has 0 heterocycles. The molecule has 2 rings (SSSR count). The highest BCUT2D eigenvalue weighted by molar-refractivity contribution is 7.88. The molecule has 1 aromatic rings. The van der Waals surface area contributed by atoms with Crippen LogP contribution in [0.15, 0.2) is 42.0 Å². The molecule has 0 atom stereocenters. The molecule has 0 bridgehead atoms. The zero-order chi connectivity index (χ0) is 14.8. The number of allylic oxidation sites excluding steroid dienone is 1. The van der Waals surface area contributed by atoms with Crippen molar-refractivity contribution >= 4 is 15.9 Å². The summed E-state index contributed by atoms with van der Waals surface area (Å²) in [7, 11) is -2.31. The standard InChI is InChI=1S/C15H19NO3S/c1-12(14-8-9-14)10-15(17)16(2)20(18,19)11-13-6-4-3-5-7-13/h3-7,10,14H,8-9,11H2,1-2H3/b12-10+. The molecule has 0 aliphatic heterocycles. The monoisotopic (exact) mass is 293 g/mol. The predicted molar refractivity (Wildman–Crippen MR) is 78.3 cm³/mol. The fraction of sp³-hybridized carbons (Fsp3) is 0.400. The number of hydrogen-bond donors (Lipinski definition) is 0. The number of rotatable bonds is 5. The summed E-state index contributed by atoms with van der Waals surface area (Å²) in [6.07, 6.45) is 3.63. The van der Waals surface area contributed by atoms with Gasteiger partial charge < -0.3 is 0 Å². The minimum Gasteiger partial charge on any atom is -0.269 e. The highest BCUT2D eigenvalue weighted by Crippen LogP contribution is 2.36. The number of benzene rings is 1. The first-order chi connectivity index (χ1) is 9.40. The van der Waals surface area contributed by atoms with Crippen molar-refractivity contribution < 1.29 is 13.2 Å². The molecule has 0 saturated heterocycles. The van der Waals surface area contributed by atoms with Gasteiger partial charge in [-0.15, -0.1) is 0 Å². The van der Waals surface area contributed by atoms with Crippen LogP contribution in [0.5, 0.6) is 0 Å². The third-order valence-corrected chi connectivity index (χ3v) is 5.20. The first kappa shape index (κ1) is 14.8. The first-order valence-electron chi connectivity index (χ1n) is 6.63. The number of sulfonamides is 1. The van der Waals surface area contributed by atoms with Gasteiger partial charge in [-0.3, -0.25) is 4.79 Å². The number of carbonyl (C=O) groups is 1. The van der Waals surface area contributed by atoms with E-state index in [1.807, 2.05) is 13.0 Å². The Morgan fingerprint density at radius 2 is 1.90 bits per heavy atom. The van der Waals surface area contributed by atoms with Gasteiger partial charge >= 0.3 is 0 Å². The van der Waals surface area contributed by atoms with Gasteiger partial charge in [0.1, 0.15) is 0 Å². The average molecular weight is 293 g/mol. The third-order valence-electron chi connectivity index (χ3n) is 3.49. The molecule has 1 amide bonds. The van der Waals surface area contributed by atoms with E-state index >= 15 is 0 Å². The fourth-order valence-electron chi connectivity index (χ4n) is 1.96. The maximum absolute atomic E-state index is 12.2. The van der Waals surface area contributed by atoms with Crippen LogP contribution in [0.4, 0.5) is 0 Å². The predicted octanol–water partition coefficient (Wildman–Crippen LogP) is 2.33.